The van der Waals surface area contributed by atoms with Crippen LogP contribution in [0.2, 0.25) is 0 Å². The van der Waals surface area contributed by atoms with Crippen molar-refractivity contribution in [3.63, 3.8) is 0 Å². The molecular formula is C31H23F3N4O. The lowest BCUT2D eigenvalue weighted by atomic mass is 10.0. The number of aromatic nitrogens is 4. The zero-order valence-corrected chi connectivity index (χ0v) is 20.8. The molecule has 2 aliphatic heterocycles. The largest absolute Gasteiger partial charge is 0.491 e. The third-order valence-electron chi connectivity index (χ3n) is 6.47. The third-order valence-corrected chi connectivity index (χ3v) is 6.47. The molecule has 5 nitrogen and oxygen atoms in total. The molecule has 39 heavy (non-hydrogen) atoms. The van der Waals surface area contributed by atoms with Gasteiger partial charge in [0.1, 0.15) is 23.9 Å². The minimum absolute atomic E-state index is 0.0298. The number of nitrogens with zero attached hydrogens (tertiary/aromatic N) is 4. The van der Waals surface area contributed by atoms with E-state index >= 15 is 0 Å². The van der Waals surface area contributed by atoms with Crippen LogP contribution in [0, 0.1) is 17.5 Å². The van der Waals surface area contributed by atoms with E-state index in [1.807, 2.05) is 70.3 Å². The molecule has 0 bridgehead atoms. The van der Waals surface area contributed by atoms with E-state index in [-0.39, 0.29) is 17.2 Å². The molecule has 2 aliphatic rings. The Morgan fingerprint density at radius 1 is 0.718 bits per heavy atom. The summed E-state index contributed by atoms with van der Waals surface area (Å²) in [7, 11) is 0. The predicted molar refractivity (Wildman–Crippen MR) is 143 cm³/mol. The molecule has 0 N–H and O–H groups in total. The summed E-state index contributed by atoms with van der Waals surface area (Å²) >= 11 is 0. The van der Waals surface area contributed by atoms with Crippen molar-refractivity contribution < 1.29 is 17.9 Å². The van der Waals surface area contributed by atoms with Crippen molar-refractivity contribution in [3.05, 3.63) is 127 Å². The van der Waals surface area contributed by atoms with E-state index in [1.54, 1.807) is 12.1 Å². The molecule has 194 valence electrons. The Morgan fingerprint density at radius 2 is 1.51 bits per heavy atom. The fraction of sp³-hybridized carbons (Fsp3) is 0.0968. The van der Waals surface area contributed by atoms with Crippen LogP contribution in [0.5, 0.6) is 5.75 Å². The molecule has 3 heterocycles. The second-order valence-corrected chi connectivity index (χ2v) is 9.14. The summed E-state index contributed by atoms with van der Waals surface area (Å²) in [4.78, 5) is 8.77. The van der Waals surface area contributed by atoms with Crippen molar-refractivity contribution >= 4 is 0 Å². The number of hydrogen-bond acceptors (Lipinski definition) is 3. The number of fused-ring (bicyclic) bond motifs is 1. The molecular weight excluding hydrogens is 501 g/mol. The number of pyridine rings is 1. The average molecular weight is 525 g/mol. The first-order valence-corrected chi connectivity index (χ1v) is 12.4. The molecule has 6 rings (SSSR count). The summed E-state index contributed by atoms with van der Waals surface area (Å²) in [6.45, 7) is 1.65. The second kappa shape index (κ2) is 10.5. The molecule has 0 fully saturated rings. The van der Waals surface area contributed by atoms with Crippen LogP contribution in [0.1, 0.15) is 5.56 Å². The van der Waals surface area contributed by atoms with Gasteiger partial charge in [-0.3, -0.25) is 0 Å². The van der Waals surface area contributed by atoms with Gasteiger partial charge in [-0.25, -0.2) is 23.1 Å². The Labute approximate surface area is 223 Å². The van der Waals surface area contributed by atoms with Gasteiger partial charge in [-0.2, -0.15) is 0 Å². The molecule has 0 amide bonds. The second-order valence-electron chi connectivity index (χ2n) is 9.14. The Hall–Kier alpha value is -4.85. The zero-order valence-electron chi connectivity index (χ0n) is 20.8. The van der Waals surface area contributed by atoms with E-state index in [0.717, 1.165) is 22.8 Å². The molecule has 1 aromatic heterocycles. The third kappa shape index (κ3) is 5.27. The minimum Gasteiger partial charge on any atom is -0.491 e. The highest BCUT2D eigenvalue weighted by molar-refractivity contribution is 5.71. The Morgan fingerprint density at radius 3 is 2.33 bits per heavy atom. The summed E-state index contributed by atoms with van der Waals surface area (Å²) in [5, 5.41) is 0. The fourth-order valence-electron chi connectivity index (χ4n) is 4.48. The van der Waals surface area contributed by atoms with E-state index in [2.05, 4.69) is 9.97 Å². The minimum atomic E-state index is -0.962. The van der Waals surface area contributed by atoms with Gasteiger partial charge in [0.05, 0.1) is 17.8 Å². The maximum atomic E-state index is 14.2. The lowest BCUT2D eigenvalue weighted by Gasteiger charge is -2.13. The van der Waals surface area contributed by atoms with Crippen LogP contribution in [0.4, 0.5) is 13.2 Å². The summed E-state index contributed by atoms with van der Waals surface area (Å²) in [5.41, 5.74) is 3.98. The maximum absolute atomic E-state index is 14.2. The molecule has 0 spiro atoms. The number of hydrogen-bond donors (Lipinski definition) is 0. The lowest BCUT2D eigenvalue weighted by molar-refractivity contribution is 0.298. The maximum Gasteiger partial charge on any atom is 0.169 e. The quantitative estimate of drug-likeness (QED) is 0.214. The van der Waals surface area contributed by atoms with Crippen LogP contribution in [0.25, 0.3) is 33.9 Å². The van der Waals surface area contributed by atoms with Crippen LogP contribution in [0.3, 0.4) is 0 Å². The Balaban J connectivity index is 1.19. The molecule has 0 saturated heterocycles. The molecule has 0 aliphatic carbocycles. The summed E-state index contributed by atoms with van der Waals surface area (Å²) in [6.07, 6.45) is 7.61. The standard InChI is InChI=1S/C31H23F3N4O/c32-23-10-11-24(29(18-23)39-17-16-37-13-1-2-14-37)22-8-6-21(7-9-22)19-38-15-12-27-28(20-38)36-31(35-27)25-4-3-5-26(33)30(25)34/h1-15,18,20H,16-17,19H2. The van der Waals surface area contributed by atoms with E-state index in [4.69, 9.17) is 4.74 Å². The number of rotatable bonds is 8. The predicted octanol–water partition coefficient (Wildman–Crippen LogP) is 7.06. The van der Waals surface area contributed by atoms with Crippen LogP contribution >= 0.6 is 0 Å². The molecule has 0 radical (unpaired) electrons. The highest BCUT2D eigenvalue weighted by Crippen LogP contribution is 2.32. The van der Waals surface area contributed by atoms with Gasteiger partial charge < -0.3 is 13.9 Å². The smallest absolute Gasteiger partial charge is 0.169 e. The molecule has 3 aromatic carbocycles. The van der Waals surface area contributed by atoms with Gasteiger partial charge in [0.25, 0.3) is 0 Å². The summed E-state index contributed by atoms with van der Waals surface area (Å²) in [5.74, 6) is -1.60. The molecule has 0 atom stereocenters. The first-order valence-electron chi connectivity index (χ1n) is 12.4. The highest BCUT2D eigenvalue weighted by atomic mass is 19.2. The van der Waals surface area contributed by atoms with Gasteiger partial charge in [0, 0.05) is 43.0 Å². The number of ether oxygens (including phenoxy) is 1. The van der Waals surface area contributed by atoms with Crippen LogP contribution in [0.15, 0.2) is 104 Å². The normalized spacial score (nSPS) is 11.3. The van der Waals surface area contributed by atoms with Crippen LogP contribution < -0.4 is 4.74 Å². The molecule has 0 saturated carbocycles. The topological polar surface area (TPSA) is 44.9 Å². The summed E-state index contributed by atoms with van der Waals surface area (Å²) < 4.78 is 51.7. The molecule has 4 aromatic rings. The highest BCUT2D eigenvalue weighted by Gasteiger charge is 2.17. The van der Waals surface area contributed by atoms with E-state index in [1.165, 1.54) is 24.3 Å². The van der Waals surface area contributed by atoms with Gasteiger partial charge in [-0.15, -0.1) is 0 Å². The van der Waals surface area contributed by atoms with Gasteiger partial charge >= 0.3 is 0 Å². The number of halogens is 3. The Bertz CT molecular complexity index is 1690. The van der Waals surface area contributed by atoms with Crippen molar-refractivity contribution in [1.29, 1.82) is 0 Å². The summed E-state index contributed by atoms with van der Waals surface area (Å²) in [6, 6.07) is 22.2. The SMILES string of the molecule is Fc1ccc(-c2ccc(Cn3ccc4nc(-c5cccc(F)c5F)nc-4c3)cc2)c(OCCn2cccc2)c1. The van der Waals surface area contributed by atoms with Crippen LogP contribution in [-0.2, 0) is 13.1 Å². The van der Waals surface area contributed by atoms with Gasteiger partial charge in [-0.1, -0.05) is 30.3 Å². The van der Waals surface area contributed by atoms with Gasteiger partial charge in [-0.05, 0) is 53.6 Å². The van der Waals surface area contributed by atoms with Crippen molar-refractivity contribution in [2.24, 2.45) is 0 Å². The number of imidazole rings is 1. The van der Waals surface area contributed by atoms with Crippen molar-refractivity contribution in [1.82, 2.24) is 19.1 Å². The molecule has 8 heteroatoms. The lowest BCUT2D eigenvalue weighted by Crippen LogP contribution is -2.07. The van der Waals surface area contributed by atoms with Crippen LogP contribution in [-0.4, -0.2) is 25.7 Å². The van der Waals surface area contributed by atoms with E-state index in [0.29, 0.717) is 36.8 Å². The zero-order chi connectivity index (χ0) is 26.8. The van der Waals surface area contributed by atoms with Crippen molar-refractivity contribution in [2.45, 2.75) is 13.1 Å². The fourth-order valence-corrected chi connectivity index (χ4v) is 4.48. The monoisotopic (exact) mass is 524 g/mol. The Kier molecular flexibility index (Phi) is 6.59. The van der Waals surface area contributed by atoms with Gasteiger partial charge in [0.2, 0.25) is 0 Å². The van der Waals surface area contributed by atoms with Crippen molar-refractivity contribution in [2.75, 3.05) is 6.61 Å². The first kappa shape index (κ1) is 24.5. The molecule has 0 unspecified atom stereocenters. The average Bonchev–Trinajstić information content (AvgIpc) is 3.61. The number of benzene rings is 3. The van der Waals surface area contributed by atoms with E-state index < -0.39 is 11.6 Å². The van der Waals surface area contributed by atoms with E-state index in [9.17, 15) is 13.2 Å². The van der Waals surface area contributed by atoms with Gasteiger partial charge in [0.15, 0.2) is 17.5 Å². The van der Waals surface area contributed by atoms with Crippen molar-refractivity contribution in [3.8, 4) is 39.7 Å². The first-order chi connectivity index (χ1) is 19.0.